The topological polar surface area (TPSA) is 68.2 Å². The largest absolute Gasteiger partial charge is 0.355 e. The van der Waals surface area contributed by atoms with E-state index in [1.807, 2.05) is 19.9 Å². The minimum absolute atomic E-state index is 0. The van der Waals surface area contributed by atoms with Gasteiger partial charge in [-0.3, -0.25) is 9.89 Å². The van der Waals surface area contributed by atoms with Gasteiger partial charge in [-0.2, -0.15) is 0 Å². The summed E-state index contributed by atoms with van der Waals surface area (Å²) in [5.41, 5.74) is 0. The number of hydrogen-bond acceptors (Lipinski definition) is 5. The van der Waals surface area contributed by atoms with Crippen molar-refractivity contribution in [3.63, 3.8) is 0 Å². The lowest BCUT2D eigenvalue weighted by atomic mass is 10.3. The molecule has 0 bridgehead atoms. The highest BCUT2D eigenvalue weighted by Gasteiger charge is 2.22. The summed E-state index contributed by atoms with van der Waals surface area (Å²) in [4.78, 5) is 10.2. The average molecular weight is 564 g/mol. The highest BCUT2D eigenvalue weighted by Crippen LogP contribution is 2.23. The molecule has 1 fully saturated rings. The second-order valence-corrected chi connectivity index (χ2v) is 10.2. The SMILES string of the molecule is CCN(CC)S(=O)(=O)CCNC(=NC)N1CCN(Cc2ccc(Cl)s2)CC1.I. The van der Waals surface area contributed by atoms with Crippen LogP contribution in [0.25, 0.3) is 0 Å². The first-order chi connectivity index (χ1) is 12.9. The molecule has 1 aliphatic rings. The van der Waals surface area contributed by atoms with Crippen LogP contribution in [0.3, 0.4) is 0 Å². The number of nitrogens with zero attached hydrogens (tertiary/aromatic N) is 4. The van der Waals surface area contributed by atoms with Crippen LogP contribution < -0.4 is 5.32 Å². The van der Waals surface area contributed by atoms with Crippen LogP contribution in [0, 0.1) is 0 Å². The lowest BCUT2D eigenvalue weighted by Gasteiger charge is -2.36. The molecule has 1 N–H and O–H groups in total. The second-order valence-electron chi connectivity index (χ2n) is 6.34. The Kier molecular flexibility index (Phi) is 11.6. The van der Waals surface area contributed by atoms with Gasteiger partial charge in [0, 0.05) is 64.3 Å². The third kappa shape index (κ3) is 7.60. The molecule has 2 heterocycles. The van der Waals surface area contributed by atoms with E-state index in [1.165, 1.54) is 9.18 Å². The highest BCUT2D eigenvalue weighted by molar-refractivity contribution is 14.0. The normalized spacial score (nSPS) is 16.3. The van der Waals surface area contributed by atoms with Crippen molar-refractivity contribution in [2.24, 2.45) is 4.99 Å². The summed E-state index contributed by atoms with van der Waals surface area (Å²) in [7, 11) is -1.48. The van der Waals surface area contributed by atoms with E-state index in [2.05, 4.69) is 26.2 Å². The van der Waals surface area contributed by atoms with E-state index < -0.39 is 10.0 Å². The molecular formula is C17H31ClIN5O2S2. The molecule has 0 spiro atoms. The van der Waals surface area contributed by atoms with Crippen LogP contribution in [0.15, 0.2) is 17.1 Å². The predicted octanol–water partition coefficient (Wildman–Crippen LogP) is 2.38. The van der Waals surface area contributed by atoms with Crippen LogP contribution in [0.4, 0.5) is 0 Å². The van der Waals surface area contributed by atoms with Crippen LogP contribution >= 0.6 is 46.9 Å². The summed E-state index contributed by atoms with van der Waals surface area (Å²) >= 11 is 7.63. The molecule has 7 nitrogen and oxygen atoms in total. The summed E-state index contributed by atoms with van der Waals surface area (Å²) < 4.78 is 26.9. The number of rotatable bonds is 8. The Morgan fingerprint density at radius 2 is 1.89 bits per heavy atom. The number of aliphatic imine (C=N–C) groups is 1. The number of nitrogens with one attached hydrogen (secondary N) is 1. The fourth-order valence-corrected chi connectivity index (χ4v) is 5.68. The molecule has 0 amide bonds. The fourth-order valence-electron chi connectivity index (χ4n) is 3.15. The molecule has 0 atom stereocenters. The van der Waals surface area contributed by atoms with Gasteiger partial charge in [0.2, 0.25) is 10.0 Å². The van der Waals surface area contributed by atoms with Crippen molar-refractivity contribution in [3.05, 3.63) is 21.3 Å². The van der Waals surface area contributed by atoms with E-state index in [4.69, 9.17) is 11.6 Å². The van der Waals surface area contributed by atoms with Gasteiger partial charge in [-0.1, -0.05) is 25.4 Å². The maximum atomic E-state index is 12.3. The van der Waals surface area contributed by atoms with Gasteiger partial charge in [-0.05, 0) is 12.1 Å². The van der Waals surface area contributed by atoms with Gasteiger partial charge in [0.25, 0.3) is 0 Å². The maximum absolute atomic E-state index is 12.3. The quantitative estimate of drug-likeness (QED) is 0.299. The molecule has 162 valence electrons. The van der Waals surface area contributed by atoms with E-state index in [-0.39, 0.29) is 29.7 Å². The fraction of sp³-hybridized carbons (Fsp3) is 0.706. The zero-order valence-electron chi connectivity index (χ0n) is 16.7. The van der Waals surface area contributed by atoms with Crippen LogP contribution in [-0.4, -0.2) is 87.1 Å². The molecule has 0 aliphatic carbocycles. The summed E-state index contributed by atoms with van der Waals surface area (Å²) in [6.45, 7) is 9.61. The molecule has 0 aromatic carbocycles. The summed E-state index contributed by atoms with van der Waals surface area (Å²) in [5.74, 6) is 0.843. The summed E-state index contributed by atoms with van der Waals surface area (Å²) in [6.07, 6.45) is 0. The molecule has 0 radical (unpaired) electrons. The highest BCUT2D eigenvalue weighted by atomic mass is 127. The lowest BCUT2D eigenvalue weighted by molar-refractivity contribution is 0.174. The van der Waals surface area contributed by atoms with Gasteiger partial charge in [-0.15, -0.1) is 35.3 Å². The van der Waals surface area contributed by atoms with Gasteiger partial charge >= 0.3 is 0 Å². The zero-order valence-corrected chi connectivity index (χ0v) is 21.4. The van der Waals surface area contributed by atoms with Crippen molar-refractivity contribution < 1.29 is 8.42 Å². The first-order valence-corrected chi connectivity index (χ1v) is 12.1. The number of hydrogen-bond donors (Lipinski definition) is 1. The number of thiophene rings is 1. The van der Waals surface area contributed by atoms with Gasteiger partial charge < -0.3 is 10.2 Å². The van der Waals surface area contributed by atoms with Crippen LogP contribution in [0.2, 0.25) is 4.34 Å². The Bertz CT molecular complexity index is 717. The van der Waals surface area contributed by atoms with Crippen LogP contribution in [0.5, 0.6) is 0 Å². The molecular weight excluding hydrogens is 533 g/mol. The number of guanidine groups is 1. The average Bonchev–Trinajstić information content (AvgIpc) is 3.05. The predicted molar refractivity (Wildman–Crippen MR) is 130 cm³/mol. The Morgan fingerprint density at radius 3 is 2.39 bits per heavy atom. The first-order valence-electron chi connectivity index (χ1n) is 9.29. The van der Waals surface area contributed by atoms with Gasteiger partial charge in [0.05, 0.1) is 10.1 Å². The molecule has 1 saturated heterocycles. The zero-order chi connectivity index (χ0) is 19.9. The molecule has 11 heteroatoms. The van der Waals surface area contributed by atoms with Crippen molar-refractivity contribution in [1.29, 1.82) is 0 Å². The van der Waals surface area contributed by atoms with E-state index in [1.54, 1.807) is 18.4 Å². The Morgan fingerprint density at radius 1 is 1.25 bits per heavy atom. The Balaban J connectivity index is 0.00000392. The van der Waals surface area contributed by atoms with Crippen LogP contribution in [-0.2, 0) is 16.6 Å². The smallest absolute Gasteiger partial charge is 0.215 e. The van der Waals surface area contributed by atoms with Crippen LogP contribution in [0.1, 0.15) is 18.7 Å². The minimum atomic E-state index is -3.22. The van der Waals surface area contributed by atoms with E-state index in [9.17, 15) is 8.42 Å². The van der Waals surface area contributed by atoms with Crippen molar-refractivity contribution >= 4 is 62.9 Å². The van der Waals surface area contributed by atoms with E-state index >= 15 is 0 Å². The number of sulfonamides is 1. The van der Waals surface area contributed by atoms with Crippen molar-refractivity contribution in [2.75, 3.05) is 58.6 Å². The second kappa shape index (κ2) is 12.5. The molecule has 1 aromatic rings. The molecule has 1 aromatic heterocycles. The summed E-state index contributed by atoms with van der Waals surface area (Å²) in [6, 6.07) is 4.02. The van der Waals surface area contributed by atoms with Gasteiger partial charge in [0.15, 0.2) is 5.96 Å². The Labute approximate surface area is 195 Å². The molecule has 0 saturated carbocycles. The maximum Gasteiger partial charge on any atom is 0.215 e. The van der Waals surface area contributed by atoms with Crippen molar-refractivity contribution in [1.82, 2.24) is 19.4 Å². The van der Waals surface area contributed by atoms with Crippen molar-refractivity contribution in [2.45, 2.75) is 20.4 Å². The van der Waals surface area contributed by atoms with Gasteiger partial charge in [-0.25, -0.2) is 12.7 Å². The Hall–Kier alpha value is -0.140. The third-order valence-electron chi connectivity index (χ3n) is 4.63. The molecule has 0 unspecified atom stereocenters. The minimum Gasteiger partial charge on any atom is -0.355 e. The molecule has 1 aliphatic heterocycles. The first kappa shape index (κ1) is 25.9. The monoisotopic (exact) mass is 563 g/mol. The number of halogens is 2. The standard InChI is InChI=1S/C17H30ClN5O2S2.HI/c1-4-23(5-2)27(24,25)13-8-20-17(19-3)22-11-9-21(10-12-22)14-15-6-7-16(18)26-15;/h6-7H,4-5,8-14H2,1-3H3,(H,19,20);1H. The summed E-state index contributed by atoms with van der Waals surface area (Å²) in [5, 5.41) is 3.20. The van der Waals surface area contributed by atoms with E-state index in [0.717, 1.165) is 43.0 Å². The number of piperazine rings is 1. The van der Waals surface area contributed by atoms with Gasteiger partial charge in [0.1, 0.15) is 0 Å². The molecule has 2 rings (SSSR count). The lowest BCUT2D eigenvalue weighted by Crippen LogP contribution is -2.52. The van der Waals surface area contributed by atoms with E-state index in [0.29, 0.717) is 19.6 Å². The molecule has 28 heavy (non-hydrogen) atoms. The van der Waals surface area contributed by atoms with Crippen molar-refractivity contribution in [3.8, 4) is 0 Å². The third-order valence-corrected chi connectivity index (χ3v) is 7.87.